The molecule has 0 saturated heterocycles. The van der Waals surface area contributed by atoms with Crippen LogP contribution >= 0.6 is 0 Å². The quantitative estimate of drug-likeness (QED) is 0.557. The topological polar surface area (TPSA) is 147 Å². The van der Waals surface area contributed by atoms with Crippen LogP contribution in [-0.4, -0.2) is 33.1 Å². The highest BCUT2D eigenvalue weighted by Gasteiger charge is 2.29. The minimum absolute atomic E-state index is 0.113. The molecule has 0 aliphatic carbocycles. The number of nitrogens with two attached hydrogens (primary N) is 2. The van der Waals surface area contributed by atoms with Crippen LogP contribution in [-0.2, 0) is 18.4 Å². The monoisotopic (exact) mass is 372 g/mol. The fourth-order valence-electron chi connectivity index (χ4n) is 3.09. The van der Waals surface area contributed by atoms with Crippen LogP contribution in [0.2, 0.25) is 0 Å². The molecule has 2 amide bonds. The highest BCUT2D eigenvalue weighted by Crippen LogP contribution is 2.39. The molecule has 0 spiro atoms. The summed E-state index contributed by atoms with van der Waals surface area (Å²) < 4.78 is 13.2. The number of imidazole rings is 1. The van der Waals surface area contributed by atoms with Crippen molar-refractivity contribution < 1.29 is 23.8 Å². The van der Waals surface area contributed by atoms with Crippen molar-refractivity contribution in [2.75, 3.05) is 6.61 Å². The van der Waals surface area contributed by atoms with Crippen molar-refractivity contribution in [3.05, 3.63) is 47.2 Å². The molecule has 2 heterocycles. The summed E-state index contributed by atoms with van der Waals surface area (Å²) in [6.45, 7) is 1.15. The minimum Gasteiger partial charge on any atom is -0.485 e. The summed E-state index contributed by atoms with van der Waals surface area (Å²) in [7, 11) is 1.82. The van der Waals surface area contributed by atoms with E-state index < -0.39 is 24.3 Å². The highest BCUT2D eigenvalue weighted by atomic mass is 16.5. The molecule has 2 aromatic heterocycles. The molecule has 9 heteroatoms. The summed E-state index contributed by atoms with van der Waals surface area (Å²) in [4.78, 5) is 28.1. The van der Waals surface area contributed by atoms with Gasteiger partial charge in [-0.3, -0.25) is 9.59 Å². The van der Waals surface area contributed by atoms with E-state index >= 15 is 0 Å². The third kappa shape index (κ3) is 3.24. The number of rotatable bonds is 7. The molecule has 0 aliphatic heterocycles. The normalized spacial score (nSPS) is 12.3. The molecule has 1 unspecified atom stereocenters. The van der Waals surface area contributed by atoms with Gasteiger partial charge in [-0.2, -0.15) is 0 Å². The maximum Gasteiger partial charge on any atom is 0.252 e. The summed E-state index contributed by atoms with van der Waals surface area (Å²) in [6.07, 6.45) is 3.40. The second-order valence-electron chi connectivity index (χ2n) is 6.13. The zero-order valence-electron chi connectivity index (χ0n) is 14.9. The van der Waals surface area contributed by atoms with E-state index in [-0.39, 0.29) is 23.5 Å². The van der Waals surface area contributed by atoms with Crippen molar-refractivity contribution in [2.24, 2.45) is 18.5 Å². The molecule has 0 fully saturated rings. The van der Waals surface area contributed by atoms with Crippen molar-refractivity contribution >= 4 is 22.8 Å². The van der Waals surface area contributed by atoms with Crippen molar-refractivity contribution in [1.82, 2.24) is 9.55 Å². The number of nitrogens with zero attached hydrogens (tertiary/aromatic N) is 2. The molecule has 0 aliphatic rings. The number of aliphatic hydroxyl groups is 1. The molecule has 0 saturated carbocycles. The number of furan rings is 1. The van der Waals surface area contributed by atoms with Gasteiger partial charge in [-0.25, -0.2) is 4.98 Å². The molecule has 5 N–H and O–H groups in total. The van der Waals surface area contributed by atoms with E-state index in [1.54, 1.807) is 36.0 Å². The summed E-state index contributed by atoms with van der Waals surface area (Å²) in [6, 6.07) is 3.21. The second-order valence-corrected chi connectivity index (χ2v) is 6.13. The number of hydrogen-bond donors (Lipinski definition) is 3. The van der Waals surface area contributed by atoms with Gasteiger partial charge in [0.2, 0.25) is 5.91 Å². The Balaban J connectivity index is 2.20. The van der Waals surface area contributed by atoms with Crippen LogP contribution in [0, 0.1) is 6.92 Å². The number of carbonyl (C=O) groups is 2. The first-order valence-electron chi connectivity index (χ1n) is 8.20. The number of fused-ring (bicyclic) bond motifs is 1. The Bertz CT molecular complexity index is 1020. The van der Waals surface area contributed by atoms with Crippen LogP contribution in [0.1, 0.15) is 33.4 Å². The maximum absolute atomic E-state index is 12.0. The third-order valence-electron chi connectivity index (χ3n) is 4.43. The molecule has 1 aromatic carbocycles. The van der Waals surface area contributed by atoms with Crippen LogP contribution in [0.25, 0.3) is 11.0 Å². The van der Waals surface area contributed by atoms with Gasteiger partial charge in [0.05, 0.1) is 18.1 Å². The van der Waals surface area contributed by atoms with Gasteiger partial charge in [0.25, 0.3) is 5.91 Å². The molecule has 0 bridgehead atoms. The molecule has 142 valence electrons. The van der Waals surface area contributed by atoms with E-state index in [1.807, 2.05) is 7.05 Å². The molecule has 0 radical (unpaired) electrons. The fourth-order valence-corrected chi connectivity index (χ4v) is 3.09. The minimum atomic E-state index is -1.10. The van der Waals surface area contributed by atoms with Crippen LogP contribution in [0.4, 0.5) is 0 Å². The number of amides is 2. The van der Waals surface area contributed by atoms with E-state index in [4.69, 9.17) is 20.6 Å². The van der Waals surface area contributed by atoms with Crippen molar-refractivity contribution in [2.45, 2.75) is 19.4 Å². The number of hydrogen-bond acceptors (Lipinski definition) is 6. The Labute approximate surface area is 154 Å². The Morgan fingerprint density at radius 2 is 2.11 bits per heavy atom. The highest BCUT2D eigenvalue weighted by molar-refractivity contribution is 6.09. The number of aromatic nitrogens is 2. The lowest BCUT2D eigenvalue weighted by Gasteiger charge is -2.18. The molecular weight excluding hydrogens is 352 g/mol. The number of carbonyl (C=O) groups excluding carboxylic acids is 2. The van der Waals surface area contributed by atoms with Crippen molar-refractivity contribution in [3.63, 3.8) is 0 Å². The lowest BCUT2D eigenvalue weighted by molar-refractivity contribution is -0.120. The molecular formula is C18H20N4O5. The summed E-state index contributed by atoms with van der Waals surface area (Å²) in [5.74, 6) is -1.33. The van der Waals surface area contributed by atoms with Gasteiger partial charge >= 0.3 is 0 Å². The van der Waals surface area contributed by atoms with Crippen LogP contribution in [0.5, 0.6) is 5.75 Å². The number of ether oxygens (including phenoxy) is 1. The SMILES string of the molecule is Cc1oc2ccc(OCc3nccn3C)c(C(CO)C(N)=O)c2c1C(N)=O. The van der Waals surface area contributed by atoms with Gasteiger partial charge in [-0.05, 0) is 19.1 Å². The largest absolute Gasteiger partial charge is 0.485 e. The Kier molecular flexibility index (Phi) is 4.87. The van der Waals surface area contributed by atoms with E-state index in [2.05, 4.69) is 4.98 Å². The fraction of sp³-hybridized carbons (Fsp3) is 0.278. The van der Waals surface area contributed by atoms with Gasteiger partial charge in [0, 0.05) is 30.4 Å². The molecule has 3 rings (SSSR count). The maximum atomic E-state index is 12.0. The number of benzene rings is 1. The third-order valence-corrected chi connectivity index (χ3v) is 4.43. The lowest BCUT2D eigenvalue weighted by atomic mass is 9.92. The van der Waals surface area contributed by atoms with Gasteiger partial charge in [-0.15, -0.1) is 0 Å². The first-order chi connectivity index (χ1) is 12.8. The van der Waals surface area contributed by atoms with Crippen LogP contribution in [0.3, 0.4) is 0 Å². The number of aliphatic hydroxyl groups excluding tert-OH is 1. The zero-order chi connectivity index (χ0) is 19.7. The summed E-state index contributed by atoms with van der Waals surface area (Å²) >= 11 is 0. The van der Waals surface area contributed by atoms with Crippen LogP contribution in [0.15, 0.2) is 28.9 Å². The van der Waals surface area contributed by atoms with Crippen molar-refractivity contribution in [3.8, 4) is 5.75 Å². The average Bonchev–Trinajstić information content (AvgIpc) is 3.16. The number of aryl methyl sites for hydroxylation is 2. The standard InChI is InChI=1S/C18H20N4O5/c1-9-14(18(20)25)16-12(27-9)4-3-11(15(16)10(7-23)17(19)24)26-8-13-21-5-6-22(13)2/h3-6,10,23H,7-8H2,1-2H3,(H2,19,24)(H2,20,25). The predicted octanol–water partition coefficient (Wildman–Crippen LogP) is 0.714. The van der Waals surface area contributed by atoms with Crippen LogP contribution < -0.4 is 16.2 Å². The predicted molar refractivity (Wildman–Crippen MR) is 96.0 cm³/mol. The zero-order valence-corrected chi connectivity index (χ0v) is 14.9. The van der Waals surface area contributed by atoms with E-state index in [9.17, 15) is 14.7 Å². The van der Waals surface area contributed by atoms with E-state index in [1.165, 1.54) is 0 Å². The number of primary amides is 2. The van der Waals surface area contributed by atoms with Gasteiger partial charge < -0.3 is 30.3 Å². The first kappa shape index (κ1) is 18.5. The molecule has 27 heavy (non-hydrogen) atoms. The smallest absolute Gasteiger partial charge is 0.252 e. The average molecular weight is 372 g/mol. The molecule has 9 nitrogen and oxygen atoms in total. The Hall–Kier alpha value is -3.33. The van der Waals surface area contributed by atoms with Gasteiger partial charge in [0.15, 0.2) is 0 Å². The Morgan fingerprint density at radius 1 is 1.37 bits per heavy atom. The summed E-state index contributed by atoms with van der Waals surface area (Å²) in [5, 5.41) is 10.1. The van der Waals surface area contributed by atoms with Gasteiger partial charge in [-0.1, -0.05) is 0 Å². The summed E-state index contributed by atoms with van der Waals surface area (Å²) in [5.41, 5.74) is 11.7. The Morgan fingerprint density at radius 3 is 2.67 bits per heavy atom. The first-order valence-corrected chi connectivity index (χ1v) is 8.20. The van der Waals surface area contributed by atoms with E-state index in [0.717, 1.165) is 0 Å². The molecule has 1 atom stereocenters. The van der Waals surface area contributed by atoms with E-state index in [0.29, 0.717) is 22.6 Å². The van der Waals surface area contributed by atoms with Gasteiger partial charge in [0.1, 0.15) is 29.5 Å². The van der Waals surface area contributed by atoms with Crippen molar-refractivity contribution in [1.29, 1.82) is 0 Å². The molecule has 3 aromatic rings. The second kappa shape index (κ2) is 7.12. The lowest BCUT2D eigenvalue weighted by Crippen LogP contribution is -2.25.